The van der Waals surface area contributed by atoms with Gasteiger partial charge in [0.25, 0.3) is 0 Å². The Balaban J connectivity index is 1.97. The minimum absolute atomic E-state index is 0.114. The van der Waals surface area contributed by atoms with Crippen LogP contribution in [0.4, 0.5) is 0 Å². The SMILES string of the molecule is CCOC(=O)C1=NN[C@H](C(=O)c2ccccc2)[C@H]1c1ccc(Br)cc1. The molecular weight excluding hydrogens is 384 g/mol. The Morgan fingerprint density at radius 3 is 2.44 bits per heavy atom. The topological polar surface area (TPSA) is 67.8 Å². The van der Waals surface area contributed by atoms with Crippen LogP contribution in [0.3, 0.4) is 0 Å². The summed E-state index contributed by atoms with van der Waals surface area (Å²) in [6.45, 7) is 1.99. The number of carbonyl (C=O) groups excluding carboxylic acids is 2. The van der Waals surface area contributed by atoms with Crippen molar-refractivity contribution < 1.29 is 14.3 Å². The molecule has 25 heavy (non-hydrogen) atoms. The molecular formula is C19H17BrN2O3. The second-order valence-corrected chi connectivity index (χ2v) is 6.50. The highest BCUT2D eigenvalue weighted by Gasteiger charge is 2.41. The van der Waals surface area contributed by atoms with Crippen molar-refractivity contribution in [1.82, 2.24) is 5.43 Å². The Morgan fingerprint density at radius 1 is 1.12 bits per heavy atom. The lowest BCUT2D eigenvalue weighted by Crippen LogP contribution is -2.37. The Morgan fingerprint density at radius 2 is 1.80 bits per heavy atom. The van der Waals surface area contributed by atoms with Crippen molar-refractivity contribution in [1.29, 1.82) is 0 Å². The van der Waals surface area contributed by atoms with E-state index in [9.17, 15) is 9.59 Å². The fourth-order valence-corrected chi connectivity index (χ4v) is 3.10. The lowest BCUT2D eigenvalue weighted by molar-refractivity contribution is -0.135. The Kier molecular flexibility index (Phi) is 5.28. The molecule has 6 heteroatoms. The zero-order valence-corrected chi connectivity index (χ0v) is 15.2. The second kappa shape index (κ2) is 7.61. The first kappa shape index (κ1) is 17.4. The van der Waals surface area contributed by atoms with Crippen LogP contribution in [-0.4, -0.2) is 30.1 Å². The second-order valence-electron chi connectivity index (χ2n) is 5.58. The van der Waals surface area contributed by atoms with Crippen molar-refractivity contribution in [2.75, 3.05) is 6.61 Å². The third-order valence-corrected chi connectivity index (χ3v) is 4.54. The minimum atomic E-state index is -0.650. The molecule has 2 aromatic carbocycles. The predicted molar refractivity (Wildman–Crippen MR) is 98.6 cm³/mol. The summed E-state index contributed by atoms with van der Waals surface area (Å²) in [5.74, 6) is -1.12. The van der Waals surface area contributed by atoms with Gasteiger partial charge in [0.15, 0.2) is 11.5 Å². The molecule has 0 fully saturated rings. The summed E-state index contributed by atoms with van der Waals surface area (Å²) in [7, 11) is 0. The van der Waals surface area contributed by atoms with E-state index in [1.54, 1.807) is 19.1 Å². The highest BCUT2D eigenvalue weighted by Crippen LogP contribution is 2.29. The number of hydrogen-bond donors (Lipinski definition) is 1. The van der Waals surface area contributed by atoms with Crippen molar-refractivity contribution in [2.45, 2.75) is 18.9 Å². The first-order chi connectivity index (χ1) is 12.1. The molecule has 0 saturated carbocycles. The number of nitrogens with zero attached hydrogens (tertiary/aromatic N) is 1. The number of hydrazone groups is 1. The summed E-state index contributed by atoms with van der Waals surface area (Å²) < 4.78 is 6.02. The number of rotatable bonds is 5. The van der Waals surface area contributed by atoms with Crippen molar-refractivity contribution >= 4 is 33.4 Å². The van der Waals surface area contributed by atoms with Crippen molar-refractivity contribution in [3.05, 3.63) is 70.2 Å². The number of hydrogen-bond acceptors (Lipinski definition) is 5. The van der Waals surface area contributed by atoms with Gasteiger partial charge in [-0.1, -0.05) is 58.4 Å². The minimum Gasteiger partial charge on any atom is -0.461 e. The Bertz CT molecular complexity index is 803. The molecule has 3 rings (SSSR count). The largest absolute Gasteiger partial charge is 0.461 e. The van der Waals surface area contributed by atoms with Gasteiger partial charge in [0.2, 0.25) is 0 Å². The summed E-state index contributed by atoms with van der Waals surface area (Å²) in [5.41, 5.74) is 4.45. The molecule has 0 unspecified atom stereocenters. The van der Waals surface area contributed by atoms with Crippen LogP contribution in [0, 0.1) is 0 Å². The monoisotopic (exact) mass is 400 g/mol. The van der Waals surface area contributed by atoms with Crippen LogP contribution in [0.5, 0.6) is 0 Å². The number of carbonyl (C=O) groups is 2. The zero-order valence-electron chi connectivity index (χ0n) is 13.6. The standard InChI is InChI=1S/C19H17BrN2O3/c1-2-25-19(24)17-15(12-8-10-14(20)11-9-12)16(21-22-17)18(23)13-6-4-3-5-7-13/h3-11,15-16,21H,2H2,1H3/t15-,16+/m1/s1. The van der Waals surface area contributed by atoms with Gasteiger partial charge in [0, 0.05) is 10.0 Å². The van der Waals surface area contributed by atoms with Gasteiger partial charge in [-0.2, -0.15) is 5.10 Å². The van der Waals surface area contributed by atoms with Crippen LogP contribution in [0.25, 0.3) is 0 Å². The molecule has 2 aromatic rings. The fraction of sp³-hybridized carbons (Fsp3) is 0.211. The maximum absolute atomic E-state index is 12.9. The zero-order chi connectivity index (χ0) is 17.8. The number of ketones is 1. The third kappa shape index (κ3) is 3.64. The van der Waals surface area contributed by atoms with Gasteiger partial charge in [-0.25, -0.2) is 4.79 Å². The van der Waals surface area contributed by atoms with Crippen molar-refractivity contribution in [2.24, 2.45) is 5.10 Å². The van der Waals surface area contributed by atoms with Gasteiger partial charge in [0.1, 0.15) is 6.04 Å². The third-order valence-electron chi connectivity index (χ3n) is 4.01. The van der Waals surface area contributed by atoms with Gasteiger partial charge in [-0.05, 0) is 24.6 Å². The maximum atomic E-state index is 12.9. The van der Waals surface area contributed by atoms with Crippen LogP contribution in [0.15, 0.2) is 64.2 Å². The Hall–Kier alpha value is -2.47. The average Bonchev–Trinajstić information content (AvgIpc) is 3.08. The lowest BCUT2D eigenvalue weighted by Gasteiger charge is -2.20. The smallest absolute Gasteiger partial charge is 0.355 e. The molecule has 0 aromatic heterocycles. The van der Waals surface area contributed by atoms with E-state index < -0.39 is 17.9 Å². The molecule has 1 heterocycles. The van der Waals surface area contributed by atoms with Gasteiger partial charge in [0.05, 0.1) is 12.5 Å². The van der Waals surface area contributed by atoms with E-state index in [0.717, 1.165) is 10.0 Å². The summed E-state index contributed by atoms with van der Waals surface area (Å²) in [4.78, 5) is 25.2. The molecule has 5 nitrogen and oxygen atoms in total. The summed E-state index contributed by atoms with van der Waals surface area (Å²) in [6.07, 6.45) is 0. The molecule has 1 N–H and O–H groups in total. The molecule has 1 aliphatic rings. The number of ether oxygens (including phenoxy) is 1. The van der Waals surface area contributed by atoms with E-state index >= 15 is 0 Å². The molecule has 1 aliphatic heterocycles. The van der Waals surface area contributed by atoms with E-state index in [0.29, 0.717) is 5.56 Å². The highest BCUT2D eigenvalue weighted by atomic mass is 79.9. The fourth-order valence-electron chi connectivity index (χ4n) is 2.83. The van der Waals surface area contributed by atoms with E-state index in [2.05, 4.69) is 26.5 Å². The molecule has 0 bridgehead atoms. The first-order valence-electron chi connectivity index (χ1n) is 7.96. The molecule has 0 spiro atoms. The van der Waals surface area contributed by atoms with Gasteiger partial charge in [-0.3, -0.25) is 10.2 Å². The number of halogens is 1. The average molecular weight is 401 g/mol. The van der Waals surface area contributed by atoms with Crippen LogP contribution < -0.4 is 5.43 Å². The van der Waals surface area contributed by atoms with Crippen LogP contribution in [0.2, 0.25) is 0 Å². The number of Topliss-reactive ketones (excluding diaryl/α,β-unsaturated/α-hetero) is 1. The van der Waals surface area contributed by atoms with Crippen LogP contribution in [0.1, 0.15) is 28.8 Å². The molecule has 0 amide bonds. The maximum Gasteiger partial charge on any atom is 0.355 e. The number of nitrogens with one attached hydrogen (secondary N) is 1. The number of esters is 1. The first-order valence-corrected chi connectivity index (χ1v) is 8.76. The number of benzene rings is 2. The highest BCUT2D eigenvalue weighted by molar-refractivity contribution is 9.10. The van der Waals surface area contributed by atoms with Gasteiger partial charge >= 0.3 is 5.97 Å². The summed E-state index contributed by atoms with van der Waals surface area (Å²) in [6, 6.07) is 15.8. The summed E-state index contributed by atoms with van der Waals surface area (Å²) >= 11 is 3.40. The molecule has 0 aliphatic carbocycles. The predicted octanol–water partition coefficient (Wildman–Crippen LogP) is 3.31. The van der Waals surface area contributed by atoms with Crippen LogP contribution >= 0.6 is 15.9 Å². The van der Waals surface area contributed by atoms with E-state index in [-0.39, 0.29) is 18.1 Å². The molecule has 2 atom stereocenters. The normalized spacial score (nSPS) is 19.0. The van der Waals surface area contributed by atoms with E-state index in [1.165, 1.54) is 0 Å². The molecule has 0 radical (unpaired) electrons. The summed E-state index contributed by atoms with van der Waals surface area (Å²) in [5, 5.41) is 4.12. The van der Waals surface area contributed by atoms with Gasteiger partial charge < -0.3 is 4.74 Å². The van der Waals surface area contributed by atoms with Gasteiger partial charge in [-0.15, -0.1) is 0 Å². The van der Waals surface area contributed by atoms with Crippen LogP contribution in [-0.2, 0) is 9.53 Å². The Labute approximate surface area is 154 Å². The van der Waals surface area contributed by atoms with E-state index in [4.69, 9.17) is 4.74 Å². The van der Waals surface area contributed by atoms with Crippen molar-refractivity contribution in [3.8, 4) is 0 Å². The lowest BCUT2D eigenvalue weighted by atomic mass is 9.84. The molecule has 128 valence electrons. The van der Waals surface area contributed by atoms with Crippen molar-refractivity contribution in [3.63, 3.8) is 0 Å². The van der Waals surface area contributed by atoms with E-state index in [1.807, 2.05) is 42.5 Å². The quantitative estimate of drug-likeness (QED) is 0.617. The molecule has 0 saturated heterocycles.